The summed E-state index contributed by atoms with van der Waals surface area (Å²) < 4.78 is 12.8. The molecule has 0 amide bonds. The van der Waals surface area contributed by atoms with Gasteiger partial charge in [0.25, 0.3) is 0 Å². The second-order valence-corrected chi connectivity index (χ2v) is 6.00. The molecule has 4 heteroatoms. The van der Waals surface area contributed by atoms with Gasteiger partial charge in [-0.05, 0) is 30.4 Å². The van der Waals surface area contributed by atoms with E-state index in [-0.39, 0.29) is 6.04 Å². The summed E-state index contributed by atoms with van der Waals surface area (Å²) in [7, 11) is 0. The fraction of sp³-hybridized carbons (Fsp3) is 0.571. The number of hydrogen-bond donors (Lipinski definition) is 1. The van der Waals surface area contributed by atoms with E-state index in [1.165, 1.54) is 5.56 Å². The zero-order chi connectivity index (χ0) is 12.7. The van der Waals surface area contributed by atoms with E-state index in [4.69, 9.17) is 15.2 Å². The fourth-order valence-corrected chi connectivity index (χ4v) is 3.71. The van der Waals surface area contributed by atoms with Crippen LogP contribution < -0.4 is 15.2 Å². The van der Waals surface area contributed by atoms with E-state index in [1.54, 1.807) is 0 Å². The lowest BCUT2D eigenvalue weighted by Crippen LogP contribution is -2.21. The lowest BCUT2D eigenvalue weighted by molar-refractivity contribution is 0.294. The average Bonchev–Trinajstić information content (AvgIpc) is 2.58. The third kappa shape index (κ3) is 1.91. The summed E-state index contributed by atoms with van der Waals surface area (Å²) in [5, 5.41) is 0. The monoisotopic (exact) mass is 311 g/mol. The minimum absolute atomic E-state index is 0.0594. The Morgan fingerprint density at radius 2 is 2.00 bits per heavy atom. The van der Waals surface area contributed by atoms with Gasteiger partial charge < -0.3 is 15.2 Å². The molecule has 0 fully saturated rings. The summed E-state index contributed by atoms with van der Waals surface area (Å²) in [4.78, 5) is 0. The number of rotatable bonds is 0. The van der Waals surface area contributed by atoms with E-state index in [9.17, 15) is 0 Å². The van der Waals surface area contributed by atoms with E-state index in [1.807, 2.05) is 6.07 Å². The highest BCUT2D eigenvalue weighted by Crippen LogP contribution is 2.49. The SMILES string of the molecule is CC1CC[C@H](N)c2c3c(cc(Br)c21)OCCCO3. The minimum Gasteiger partial charge on any atom is -0.490 e. The van der Waals surface area contributed by atoms with Crippen molar-refractivity contribution >= 4 is 15.9 Å². The summed E-state index contributed by atoms with van der Waals surface area (Å²) in [6, 6.07) is 2.10. The van der Waals surface area contributed by atoms with Crippen LogP contribution in [0.2, 0.25) is 0 Å². The Kier molecular flexibility index (Phi) is 3.24. The number of benzene rings is 1. The largest absolute Gasteiger partial charge is 0.490 e. The molecular formula is C14H18BrNO2. The van der Waals surface area contributed by atoms with Gasteiger partial charge in [0.1, 0.15) is 0 Å². The summed E-state index contributed by atoms with van der Waals surface area (Å²) in [6.07, 6.45) is 3.07. The van der Waals surface area contributed by atoms with Crippen molar-refractivity contribution in [3.63, 3.8) is 0 Å². The Bertz CT molecular complexity index is 475. The molecule has 3 rings (SSSR count). The van der Waals surface area contributed by atoms with Crippen LogP contribution in [0.3, 0.4) is 0 Å². The van der Waals surface area contributed by atoms with Crippen LogP contribution >= 0.6 is 15.9 Å². The third-order valence-electron chi connectivity index (χ3n) is 3.84. The van der Waals surface area contributed by atoms with E-state index < -0.39 is 0 Å². The van der Waals surface area contributed by atoms with Crippen molar-refractivity contribution < 1.29 is 9.47 Å². The maximum absolute atomic E-state index is 6.30. The van der Waals surface area contributed by atoms with Crippen molar-refractivity contribution in [2.75, 3.05) is 13.2 Å². The first-order valence-corrected chi connectivity index (χ1v) is 7.35. The van der Waals surface area contributed by atoms with Crippen LogP contribution in [0, 0.1) is 0 Å². The predicted molar refractivity (Wildman–Crippen MR) is 74.3 cm³/mol. The molecule has 0 saturated carbocycles. The summed E-state index contributed by atoms with van der Waals surface area (Å²) >= 11 is 3.66. The third-order valence-corrected chi connectivity index (χ3v) is 4.50. The summed E-state index contributed by atoms with van der Waals surface area (Å²) in [6.45, 7) is 3.67. The van der Waals surface area contributed by atoms with Gasteiger partial charge in [0.2, 0.25) is 0 Å². The Hall–Kier alpha value is -0.740. The van der Waals surface area contributed by atoms with Gasteiger partial charge in [-0.2, -0.15) is 0 Å². The molecule has 0 spiro atoms. The summed E-state index contributed by atoms with van der Waals surface area (Å²) in [5.41, 5.74) is 8.75. The molecule has 18 heavy (non-hydrogen) atoms. The molecule has 98 valence electrons. The van der Waals surface area contributed by atoms with E-state index in [2.05, 4.69) is 22.9 Å². The van der Waals surface area contributed by atoms with Crippen LogP contribution in [0.25, 0.3) is 0 Å². The van der Waals surface area contributed by atoms with Crippen molar-refractivity contribution in [2.24, 2.45) is 5.73 Å². The van der Waals surface area contributed by atoms with Crippen molar-refractivity contribution in [1.82, 2.24) is 0 Å². The van der Waals surface area contributed by atoms with Gasteiger partial charge in [-0.3, -0.25) is 0 Å². The van der Waals surface area contributed by atoms with E-state index in [0.29, 0.717) is 19.1 Å². The quantitative estimate of drug-likeness (QED) is 0.797. The van der Waals surface area contributed by atoms with E-state index in [0.717, 1.165) is 40.8 Å². The van der Waals surface area contributed by atoms with Crippen LogP contribution in [-0.4, -0.2) is 13.2 Å². The molecule has 1 unspecified atom stereocenters. The molecule has 1 aromatic rings. The standard InChI is InChI=1S/C14H18BrNO2/c1-8-3-4-10(16)13-12(8)9(15)7-11-14(13)18-6-2-5-17-11/h7-8,10H,2-6,16H2,1H3/t8?,10-/m0/s1. The average molecular weight is 312 g/mol. The maximum atomic E-state index is 6.30. The van der Waals surface area contributed by atoms with Crippen LogP contribution in [0.5, 0.6) is 11.5 Å². The highest BCUT2D eigenvalue weighted by molar-refractivity contribution is 9.10. The molecular weight excluding hydrogens is 294 g/mol. The lowest BCUT2D eigenvalue weighted by atomic mass is 9.80. The van der Waals surface area contributed by atoms with Crippen molar-refractivity contribution in [3.8, 4) is 11.5 Å². The van der Waals surface area contributed by atoms with Gasteiger partial charge in [-0.1, -0.05) is 22.9 Å². The first kappa shape index (κ1) is 12.3. The van der Waals surface area contributed by atoms with Crippen LogP contribution in [0.15, 0.2) is 10.5 Å². The molecule has 0 saturated heterocycles. The lowest BCUT2D eigenvalue weighted by Gasteiger charge is -2.30. The molecule has 1 aliphatic heterocycles. The molecule has 2 atom stereocenters. The summed E-state index contributed by atoms with van der Waals surface area (Å²) in [5.74, 6) is 2.23. The molecule has 0 radical (unpaired) electrons. The predicted octanol–water partition coefficient (Wildman–Crippen LogP) is 3.51. The fourth-order valence-electron chi connectivity index (χ4n) is 2.90. The molecule has 2 aliphatic rings. The minimum atomic E-state index is 0.0594. The molecule has 3 nitrogen and oxygen atoms in total. The van der Waals surface area contributed by atoms with E-state index >= 15 is 0 Å². The first-order valence-electron chi connectivity index (χ1n) is 6.56. The normalized spacial score (nSPS) is 26.4. The zero-order valence-electron chi connectivity index (χ0n) is 10.5. The Morgan fingerprint density at radius 3 is 2.83 bits per heavy atom. The number of fused-ring (bicyclic) bond motifs is 3. The van der Waals surface area contributed by atoms with Gasteiger partial charge in [-0.15, -0.1) is 0 Å². The Balaban J connectivity index is 2.21. The number of halogens is 1. The second kappa shape index (κ2) is 4.74. The number of ether oxygens (including phenoxy) is 2. The number of hydrogen-bond acceptors (Lipinski definition) is 3. The van der Waals surface area contributed by atoms with Crippen molar-refractivity contribution in [3.05, 3.63) is 21.7 Å². The zero-order valence-corrected chi connectivity index (χ0v) is 12.1. The van der Waals surface area contributed by atoms with Crippen molar-refractivity contribution in [2.45, 2.75) is 38.1 Å². The highest BCUT2D eigenvalue weighted by Gasteiger charge is 2.31. The van der Waals surface area contributed by atoms with Crippen molar-refractivity contribution in [1.29, 1.82) is 0 Å². The smallest absolute Gasteiger partial charge is 0.166 e. The van der Waals surface area contributed by atoms with Gasteiger partial charge in [0, 0.05) is 22.5 Å². The molecule has 0 aromatic heterocycles. The maximum Gasteiger partial charge on any atom is 0.166 e. The van der Waals surface area contributed by atoms with Gasteiger partial charge in [0.05, 0.1) is 13.2 Å². The molecule has 2 N–H and O–H groups in total. The topological polar surface area (TPSA) is 44.5 Å². The second-order valence-electron chi connectivity index (χ2n) is 5.15. The van der Waals surface area contributed by atoms with Gasteiger partial charge in [0.15, 0.2) is 11.5 Å². The highest BCUT2D eigenvalue weighted by atomic mass is 79.9. The first-order chi connectivity index (χ1) is 8.68. The molecule has 1 aromatic carbocycles. The molecule has 0 bridgehead atoms. The number of nitrogens with two attached hydrogens (primary N) is 1. The van der Waals surface area contributed by atoms with Crippen LogP contribution in [0.4, 0.5) is 0 Å². The Labute approximate surface area is 116 Å². The van der Waals surface area contributed by atoms with Gasteiger partial charge in [-0.25, -0.2) is 0 Å². The van der Waals surface area contributed by atoms with Gasteiger partial charge >= 0.3 is 0 Å². The molecule has 1 aliphatic carbocycles. The van der Waals surface area contributed by atoms with Crippen LogP contribution in [-0.2, 0) is 0 Å². The Morgan fingerprint density at radius 1 is 1.22 bits per heavy atom. The molecule has 1 heterocycles. The van der Waals surface area contributed by atoms with Crippen LogP contribution in [0.1, 0.15) is 49.3 Å².